The SMILES string of the molecule is CN1CCN(C=O)CC1.Cc1cc2c(N[C@H](C)c3cc(N)cc(C(F)(F)F)c3)nc(Cl)nn2c1. The number of benzene rings is 1. The van der Waals surface area contributed by atoms with Crippen LogP contribution in [0, 0.1) is 6.92 Å². The molecule has 184 valence electrons. The number of piperazine rings is 1. The number of rotatable bonds is 4. The fraction of sp³-hybridized carbons (Fsp3) is 0.409. The molecule has 0 bridgehead atoms. The molecule has 3 heterocycles. The zero-order valence-corrected chi connectivity index (χ0v) is 19.9. The summed E-state index contributed by atoms with van der Waals surface area (Å²) in [6, 6.07) is 4.85. The molecule has 0 aliphatic carbocycles. The van der Waals surface area contributed by atoms with E-state index in [0.29, 0.717) is 16.9 Å². The highest BCUT2D eigenvalue weighted by Crippen LogP contribution is 2.33. The molecule has 0 radical (unpaired) electrons. The minimum absolute atomic E-state index is 0.0290. The number of nitrogens with zero attached hydrogens (tertiary/aromatic N) is 5. The number of fused-ring (bicyclic) bond motifs is 1. The highest BCUT2D eigenvalue weighted by molar-refractivity contribution is 6.28. The van der Waals surface area contributed by atoms with Gasteiger partial charge in [0.15, 0.2) is 5.82 Å². The van der Waals surface area contributed by atoms with Crippen LogP contribution in [-0.4, -0.2) is 64.0 Å². The van der Waals surface area contributed by atoms with Crippen molar-refractivity contribution < 1.29 is 18.0 Å². The number of likely N-dealkylation sites (N-methyl/N-ethyl adjacent to an activating group) is 1. The number of alkyl halides is 3. The van der Waals surface area contributed by atoms with E-state index in [1.165, 1.54) is 6.07 Å². The number of anilines is 2. The van der Waals surface area contributed by atoms with Gasteiger partial charge in [0.05, 0.1) is 11.6 Å². The molecule has 0 saturated carbocycles. The quantitative estimate of drug-likeness (QED) is 0.420. The van der Waals surface area contributed by atoms with E-state index in [2.05, 4.69) is 27.3 Å². The highest BCUT2D eigenvalue weighted by atomic mass is 35.5. The first-order valence-corrected chi connectivity index (χ1v) is 11.0. The van der Waals surface area contributed by atoms with Crippen molar-refractivity contribution in [1.82, 2.24) is 24.4 Å². The van der Waals surface area contributed by atoms with Crippen molar-refractivity contribution in [3.05, 3.63) is 52.4 Å². The van der Waals surface area contributed by atoms with Crippen molar-refractivity contribution in [2.45, 2.75) is 26.1 Å². The van der Waals surface area contributed by atoms with Gasteiger partial charge in [-0.2, -0.15) is 18.2 Å². The Labute approximate surface area is 200 Å². The number of nitrogen functional groups attached to an aromatic ring is 1. The lowest BCUT2D eigenvalue weighted by molar-refractivity contribution is -0.137. The monoisotopic (exact) mass is 497 g/mol. The summed E-state index contributed by atoms with van der Waals surface area (Å²) in [5.74, 6) is 0.427. The van der Waals surface area contributed by atoms with Gasteiger partial charge in [-0.3, -0.25) is 4.79 Å². The Morgan fingerprint density at radius 3 is 2.47 bits per heavy atom. The van der Waals surface area contributed by atoms with Gasteiger partial charge in [-0.1, -0.05) is 0 Å². The Morgan fingerprint density at radius 2 is 1.85 bits per heavy atom. The maximum Gasteiger partial charge on any atom is 0.416 e. The lowest BCUT2D eigenvalue weighted by atomic mass is 10.0. The molecule has 1 saturated heterocycles. The van der Waals surface area contributed by atoms with Crippen LogP contribution in [0.15, 0.2) is 30.5 Å². The predicted molar refractivity (Wildman–Crippen MR) is 126 cm³/mol. The summed E-state index contributed by atoms with van der Waals surface area (Å²) in [7, 11) is 2.07. The molecular formula is C22H27ClF3N7O. The number of carbonyl (C=O) groups is 1. The van der Waals surface area contributed by atoms with Gasteiger partial charge in [0, 0.05) is 38.1 Å². The first-order valence-electron chi connectivity index (χ1n) is 10.6. The van der Waals surface area contributed by atoms with Crippen molar-refractivity contribution in [3.63, 3.8) is 0 Å². The first kappa shape index (κ1) is 25.6. The summed E-state index contributed by atoms with van der Waals surface area (Å²) < 4.78 is 40.5. The Balaban J connectivity index is 0.000000302. The number of amides is 1. The third-order valence-corrected chi connectivity index (χ3v) is 5.58. The standard InChI is InChI=1S/C16H15ClF3N5.C6H12N2O/c1-8-3-13-14(23-15(17)24-25(13)7-8)22-9(2)10-4-11(16(18,19)20)6-12(21)5-10;1-7-2-4-8(6-9)5-3-7/h3-7,9H,21H2,1-2H3,(H,22,23,24);6H,2-5H2,1H3/t9-;/m1./s1. The fourth-order valence-corrected chi connectivity index (χ4v) is 3.68. The number of carbonyl (C=O) groups excluding carboxylic acids is 1. The summed E-state index contributed by atoms with van der Waals surface area (Å²) in [5, 5.41) is 7.17. The molecule has 2 aromatic heterocycles. The Hall–Kier alpha value is -3.05. The maximum absolute atomic E-state index is 13.0. The molecule has 8 nitrogen and oxygen atoms in total. The third kappa shape index (κ3) is 6.51. The number of hydrogen-bond acceptors (Lipinski definition) is 6. The van der Waals surface area contributed by atoms with Gasteiger partial charge in [-0.15, -0.1) is 5.10 Å². The average molecular weight is 498 g/mol. The molecule has 34 heavy (non-hydrogen) atoms. The molecule has 0 unspecified atom stereocenters. The van der Waals surface area contributed by atoms with Crippen LogP contribution in [0.25, 0.3) is 5.52 Å². The maximum atomic E-state index is 13.0. The molecular weight excluding hydrogens is 471 g/mol. The number of aryl methyl sites for hydroxylation is 1. The average Bonchev–Trinajstić information content (AvgIpc) is 3.14. The van der Waals surface area contributed by atoms with Crippen LogP contribution >= 0.6 is 11.6 Å². The van der Waals surface area contributed by atoms with Crippen LogP contribution in [0.4, 0.5) is 24.7 Å². The molecule has 4 rings (SSSR count). The van der Waals surface area contributed by atoms with Gasteiger partial charge in [0.1, 0.15) is 5.52 Å². The molecule has 1 atom stereocenters. The van der Waals surface area contributed by atoms with Gasteiger partial charge in [0.25, 0.3) is 0 Å². The number of nitrogens with one attached hydrogen (secondary N) is 1. The van der Waals surface area contributed by atoms with Crippen LogP contribution in [0.3, 0.4) is 0 Å². The van der Waals surface area contributed by atoms with Crippen molar-refractivity contribution in [2.75, 3.05) is 44.3 Å². The number of halogens is 4. The lowest BCUT2D eigenvalue weighted by Gasteiger charge is -2.29. The van der Waals surface area contributed by atoms with E-state index < -0.39 is 17.8 Å². The van der Waals surface area contributed by atoms with Gasteiger partial charge >= 0.3 is 6.18 Å². The topological polar surface area (TPSA) is 91.8 Å². The third-order valence-electron chi connectivity index (χ3n) is 5.42. The van der Waals surface area contributed by atoms with E-state index >= 15 is 0 Å². The summed E-state index contributed by atoms with van der Waals surface area (Å²) in [5.41, 5.74) is 6.90. The normalized spacial score (nSPS) is 15.6. The smallest absolute Gasteiger partial charge is 0.399 e. The van der Waals surface area contributed by atoms with E-state index in [1.54, 1.807) is 22.5 Å². The predicted octanol–water partition coefficient (Wildman–Crippen LogP) is 3.86. The summed E-state index contributed by atoms with van der Waals surface area (Å²) in [4.78, 5) is 18.3. The van der Waals surface area contributed by atoms with Crippen molar-refractivity contribution in [2.24, 2.45) is 0 Å². The minimum Gasteiger partial charge on any atom is -0.399 e. The second kappa shape index (κ2) is 10.5. The molecule has 1 aromatic carbocycles. The number of aromatic nitrogens is 3. The van der Waals surface area contributed by atoms with E-state index in [4.69, 9.17) is 17.3 Å². The fourth-order valence-electron chi connectivity index (χ4n) is 3.51. The summed E-state index contributed by atoms with van der Waals surface area (Å²) in [6.07, 6.45) is -1.76. The second-order valence-corrected chi connectivity index (χ2v) is 8.61. The largest absolute Gasteiger partial charge is 0.416 e. The molecule has 1 aliphatic heterocycles. The Kier molecular flexibility index (Phi) is 7.88. The zero-order valence-electron chi connectivity index (χ0n) is 19.1. The van der Waals surface area contributed by atoms with Gasteiger partial charge in [0.2, 0.25) is 11.7 Å². The lowest BCUT2D eigenvalue weighted by Crippen LogP contribution is -2.43. The van der Waals surface area contributed by atoms with Crippen LogP contribution in [0.5, 0.6) is 0 Å². The molecule has 1 fully saturated rings. The molecule has 3 aromatic rings. The highest BCUT2D eigenvalue weighted by Gasteiger charge is 2.31. The van der Waals surface area contributed by atoms with Gasteiger partial charge in [-0.25, -0.2) is 4.52 Å². The van der Waals surface area contributed by atoms with Crippen LogP contribution in [0.1, 0.15) is 29.7 Å². The van der Waals surface area contributed by atoms with Crippen molar-refractivity contribution in [3.8, 4) is 0 Å². The second-order valence-electron chi connectivity index (χ2n) is 8.27. The van der Waals surface area contributed by atoms with Crippen molar-refractivity contribution in [1.29, 1.82) is 0 Å². The van der Waals surface area contributed by atoms with E-state index in [0.717, 1.165) is 50.3 Å². The zero-order chi connectivity index (χ0) is 25.0. The van der Waals surface area contributed by atoms with Gasteiger partial charge in [-0.05, 0) is 67.9 Å². The first-order chi connectivity index (χ1) is 16.0. The van der Waals surface area contributed by atoms with Crippen LogP contribution < -0.4 is 11.1 Å². The van der Waals surface area contributed by atoms with Gasteiger partial charge < -0.3 is 20.9 Å². The van der Waals surface area contributed by atoms with E-state index in [1.807, 2.05) is 13.0 Å². The summed E-state index contributed by atoms with van der Waals surface area (Å²) >= 11 is 5.92. The summed E-state index contributed by atoms with van der Waals surface area (Å²) in [6.45, 7) is 7.41. The molecule has 3 N–H and O–H groups in total. The number of hydrogen-bond donors (Lipinski definition) is 2. The Morgan fingerprint density at radius 1 is 1.18 bits per heavy atom. The Bertz CT molecular complexity index is 1140. The van der Waals surface area contributed by atoms with Crippen LogP contribution in [0.2, 0.25) is 5.28 Å². The molecule has 1 amide bonds. The van der Waals surface area contributed by atoms with Crippen molar-refractivity contribution >= 4 is 35.0 Å². The van der Waals surface area contributed by atoms with E-state index in [9.17, 15) is 18.0 Å². The number of nitrogens with two attached hydrogens (primary N) is 1. The molecule has 12 heteroatoms. The molecule has 0 spiro atoms. The van der Waals surface area contributed by atoms with Crippen LogP contribution in [-0.2, 0) is 11.0 Å². The molecule has 1 aliphatic rings. The minimum atomic E-state index is -4.46. The van der Waals surface area contributed by atoms with E-state index in [-0.39, 0.29) is 11.0 Å².